The molecule has 0 aliphatic rings. The molecule has 5 nitrogen and oxygen atoms in total. The van der Waals surface area contributed by atoms with E-state index in [9.17, 15) is 8.42 Å². The van der Waals surface area contributed by atoms with Crippen LogP contribution < -0.4 is 9.46 Å². The molecular weight excluding hydrogens is 300 g/mol. The van der Waals surface area contributed by atoms with Gasteiger partial charge in [-0.2, -0.15) is 0 Å². The zero-order valence-corrected chi connectivity index (χ0v) is 12.6. The molecule has 1 N–H and O–H groups in total. The van der Waals surface area contributed by atoms with Crippen LogP contribution in [0, 0.1) is 6.20 Å². The van der Waals surface area contributed by atoms with Crippen molar-refractivity contribution in [3.63, 3.8) is 0 Å². The van der Waals surface area contributed by atoms with Crippen LogP contribution in [-0.2, 0) is 10.0 Å². The molecule has 0 unspecified atom stereocenters. The Kier molecular flexibility index (Phi) is 3.68. The predicted molar refractivity (Wildman–Crippen MR) is 84.4 cm³/mol. The fraction of sp³-hybridized carbons (Fsp3) is 0.0625. The van der Waals surface area contributed by atoms with Crippen molar-refractivity contribution >= 4 is 26.5 Å². The van der Waals surface area contributed by atoms with Gasteiger partial charge in [-0.25, -0.2) is 8.42 Å². The molecule has 0 bridgehead atoms. The topological polar surface area (TPSA) is 68.3 Å². The Hall–Kier alpha value is -2.60. The molecule has 2 aromatic carbocycles. The van der Waals surface area contributed by atoms with Crippen LogP contribution in [0.4, 0.5) is 5.69 Å². The second kappa shape index (κ2) is 5.65. The van der Waals surface area contributed by atoms with Gasteiger partial charge in [0.1, 0.15) is 5.75 Å². The first-order chi connectivity index (χ1) is 10.6. The molecule has 22 heavy (non-hydrogen) atoms. The lowest BCUT2D eigenvalue weighted by Gasteiger charge is -2.10. The molecule has 3 aromatic rings. The van der Waals surface area contributed by atoms with Gasteiger partial charge >= 0.3 is 0 Å². The Bertz CT molecular complexity index is 901. The number of sulfonamides is 1. The molecule has 0 aliphatic heterocycles. The molecule has 3 rings (SSSR count). The van der Waals surface area contributed by atoms with E-state index in [4.69, 9.17) is 4.74 Å². The zero-order chi connectivity index (χ0) is 15.6. The van der Waals surface area contributed by atoms with E-state index in [2.05, 4.69) is 15.9 Å². The smallest absolute Gasteiger partial charge is 0.261 e. The van der Waals surface area contributed by atoms with Crippen LogP contribution in [0.3, 0.4) is 0 Å². The molecule has 0 spiro atoms. The number of pyridine rings is 1. The van der Waals surface area contributed by atoms with Crippen LogP contribution >= 0.6 is 0 Å². The first kappa shape index (κ1) is 14.3. The Balaban J connectivity index is 1.99. The molecule has 0 amide bonds. The van der Waals surface area contributed by atoms with Crippen LogP contribution in [0.15, 0.2) is 59.6 Å². The molecule has 1 radical (unpaired) electrons. The summed E-state index contributed by atoms with van der Waals surface area (Å²) in [6.45, 7) is 0. The Morgan fingerprint density at radius 2 is 1.82 bits per heavy atom. The number of fused-ring (bicyclic) bond motifs is 1. The third-order valence-electron chi connectivity index (χ3n) is 3.21. The van der Waals surface area contributed by atoms with Gasteiger partial charge in [0.25, 0.3) is 10.0 Å². The third-order valence-corrected chi connectivity index (χ3v) is 4.59. The molecule has 0 fully saturated rings. The lowest BCUT2D eigenvalue weighted by Crippen LogP contribution is -2.13. The van der Waals surface area contributed by atoms with Gasteiger partial charge in [0, 0.05) is 10.8 Å². The number of hydrogen-bond acceptors (Lipinski definition) is 4. The summed E-state index contributed by atoms with van der Waals surface area (Å²) in [4.78, 5) is 4.10. The Morgan fingerprint density at radius 3 is 2.55 bits per heavy atom. The minimum atomic E-state index is -3.69. The van der Waals surface area contributed by atoms with Crippen LogP contribution in [0.25, 0.3) is 10.8 Å². The van der Waals surface area contributed by atoms with Gasteiger partial charge in [-0.3, -0.25) is 9.71 Å². The normalized spacial score (nSPS) is 11.3. The van der Waals surface area contributed by atoms with E-state index in [0.717, 1.165) is 10.8 Å². The maximum absolute atomic E-state index is 12.5. The SMILES string of the molecule is COc1ccc(S(=O)(=O)Nc2cn[c]c3ccccc23)cc1. The highest BCUT2D eigenvalue weighted by atomic mass is 32.2. The van der Waals surface area contributed by atoms with E-state index in [0.29, 0.717) is 11.4 Å². The fourth-order valence-corrected chi connectivity index (χ4v) is 3.16. The van der Waals surface area contributed by atoms with E-state index < -0.39 is 10.0 Å². The lowest BCUT2D eigenvalue weighted by molar-refractivity contribution is 0.414. The summed E-state index contributed by atoms with van der Waals surface area (Å²) in [7, 11) is -2.16. The maximum atomic E-state index is 12.5. The summed E-state index contributed by atoms with van der Waals surface area (Å²) in [5.74, 6) is 0.598. The Morgan fingerprint density at radius 1 is 1.09 bits per heavy atom. The van der Waals surface area contributed by atoms with Crippen LogP contribution in [-0.4, -0.2) is 20.5 Å². The molecule has 0 atom stereocenters. The highest BCUT2D eigenvalue weighted by Gasteiger charge is 2.15. The van der Waals surface area contributed by atoms with Crippen LogP contribution in [0.1, 0.15) is 0 Å². The predicted octanol–water partition coefficient (Wildman–Crippen LogP) is 2.84. The average Bonchev–Trinajstić information content (AvgIpc) is 2.55. The van der Waals surface area contributed by atoms with Gasteiger partial charge in [-0.15, -0.1) is 0 Å². The van der Waals surface area contributed by atoms with Gasteiger partial charge in [0.05, 0.1) is 30.1 Å². The van der Waals surface area contributed by atoms with Crippen molar-refractivity contribution in [3.8, 4) is 5.75 Å². The van der Waals surface area contributed by atoms with Gasteiger partial charge in [0.15, 0.2) is 0 Å². The monoisotopic (exact) mass is 313 g/mol. The first-order valence-electron chi connectivity index (χ1n) is 6.52. The Labute approximate surface area is 128 Å². The quantitative estimate of drug-likeness (QED) is 0.804. The third kappa shape index (κ3) is 2.73. The number of methoxy groups -OCH3 is 1. The van der Waals surface area contributed by atoms with E-state index in [1.807, 2.05) is 24.3 Å². The van der Waals surface area contributed by atoms with Crippen LogP contribution in [0.2, 0.25) is 0 Å². The molecule has 0 aliphatic carbocycles. The summed E-state index contributed by atoms with van der Waals surface area (Å²) in [6.07, 6.45) is 4.28. The highest BCUT2D eigenvalue weighted by Crippen LogP contribution is 2.24. The molecule has 111 valence electrons. The fourth-order valence-electron chi connectivity index (χ4n) is 2.09. The lowest BCUT2D eigenvalue weighted by atomic mass is 10.1. The zero-order valence-electron chi connectivity index (χ0n) is 11.8. The maximum Gasteiger partial charge on any atom is 0.261 e. The van der Waals surface area contributed by atoms with Gasteiger partial charge in [0.2, 0.25) is 0 Å². The van der Waals surface area contributed by atoms with Crippen molar-refractivity contribution < 1.29 is 13.2 Å². The molecule has 0 saturated heterocycles. The number of rotatable bonds is 4. The number of nitrogens with one attached hydrogen (secondary N) is 1. The largest absolute Gasteiger partial charge is 0.497 e. The van der Waals surface area contributed by atoms with Crippen molar-refractivity contribution in [2.24, 2.45) is 0 Å². The van der Waals surface area contributed by atoms with Crippen molar-refractivity contribution in [1.29, 1.82) is 0 Å². The first-order valence-corrected chi connectivity index (χ1v) is 8.01. The summed E-state index contributed by atoms with van der Waals surface area (Å²) in [5, 5.41) is 1.49. The second-order valence-corrected chi connectivity index (χ2v) is 6.29. The molecule has 6 heteroatoms. The molecule has 0 saturated carbocycles. The van der Waals surface area contributed by atoms with Gasteiger partial charge in [-0.1, -0.05) is 24.3 Å². The highest BCUT2D eigenvalue weighted by molar-refractivity contribution is 7.92. The van der Waals surface area contributed by atoms with E-state index >= 15 is 0 Å². The molecule has 1 heterocycles. The van der Waals surface area contributed by atoms with Crippen LogP contribution in [0.5, 0.6) is 5.75 Å². The van der Waals surface area contributed by atoms with Crippen molar-refractivity contribution in [2.45, 2.75) is 4.90 Å². The standard InChI is InChI=1S/C16H13N2O3S/c1-21-13-6-8-14(9-7-13)22(19,20)18-16-11-17-10-12-4-2-3-5-15(12)16/h2-9,11,18H,1H3. The van der Waals surface area contributed by atoms with Crippen molar-refractivity contribution in [3.05, 3.63) is 60.9 Å². The van der Waals surface area contributed by atoms with E-state index in [1.54, 1.807) is 12.1 Å². The number of benzene rings is 2. The minimum absolute atomic E-state index is 0.158. The number of aromatic nitrogens is 1. The average molecular weight is 313 g/mol. The van der Waals surface area contributed by atoms with Crippen molar-refractivity contribution in [2.75, 3.05) is 11.8 Å². The second-order valence-electron chi connectivity index (χ2n) is 4.61. The molecule has 1 aromatic heterocycles. The summed E-state index contributed by atoms with van der Waals surface area (Å²) in [5.41, 5.74) is 0.421. The van der Waals surface area contributed by atoms with Gasteiger partial charge < -0.3 is 4.74 Å². The number of ether oxygens (including phenoxy) is 1. The number of nitrogens with zero attached hydrogens (tertiary/aromatic N) is 1. The molecular formula is C16H13N2O3S. The van der Waals surface area contributed by atoms with E-state index in [1.165, 1.54) is 25.4 Å². The summed E-state index contributed by atoms with van der Waals surface area (Å²) in [6, 6.07) is 13.5. The summed E-state index contributed by atoms with van der Waals surface area (Å²) >= 11 is 0. The number of hydrogen-bond donors (Lipinski definition) is 1. The minimum Gasteiger partial charge on any atom is -0.497 e. The van der Waals surface area contributed by atoms with Gasteiger partial charge in [-0.05, 0) is 24.3 Å². The number of anilines is 1. The summed E-state index contributed by atoms with van der Waals surface area (Å²) < 4.78 is 32.5. The van der Waals surface area contributed by atoms with E-state index in [-0.39, 0.29) is 4.90 Å². The van der Waals surface area contributed by atoms with Crippen molar-refractivity contribution in [1.82, 2.24) is 4.98 Å².